The van der Waals surface area contributed by atoms with Crippen molar-refractivity contribution in [2.45, 2.75) is 77.9 Å². The Morgan fingerprint density at radius 2 is 2.07 bits per heavy atom. The molecular formula is C24H38O3. The first kappa shape index (κ1) is 20.8. The van der Waals surface area contributed by atoms with Gasteiger partial charge in [0, 0.05) is 19.6 Å². The van der Waals surface area contributed by atoms with Crippen LogP contribution in [0.3, 0.4) is 0 Å². The molecule has 3 saturated carbocycles. The second-order valence-electron chi connectivity index (χ2n) is 9.30. The molecule has 0 aromatic rings. The van der Waals surface area contributed by atoms with Crippen LogP contribution >= 0.6 is 0 Å². The van der Waals surface area contributed by atoms with Crippen LogP contribution in [0.2, 0.25) is 0 Å². The Balaban J connectivity index is 1.77. The normalized spacial score (nSPS) is 41.1. The summed E-state index contributed by atoms with van der Waals surface area (Å²) in [6.07, 6.45) is 10.7. The number of allylic oxidation sites excluding steroid dienone is 3. The monoisotopic (exact) mass is 374 g/mol. The fraction of sp³-hybridized carbons (Fsp3) is 0.750. The molecule has 27 heavy (non-hydrogen) atoms. The van der Waals surface area contributed by atoms with Crippen molar-refractivity contribution < 1.29 is 14.9 Å². The first-order valence-electron chi connectivity index (χ1n) is 10.9. The zero-order valence-corrected chi connectivity index (χ0v) is 17.4. The Bertz CT molecular complexity index is 605. The molecule has 6 atom stereocenters. The number of hydrogen-bond acceptors (Lipinski definition) is 3. The van der Waals surface area contributed by atoms with E-state index in [2.05, 4.69) is 39.5 Å². The molecule has 0 bridgehead atoms. The molecule has 3 rings (SSSR count). The van der Waals surface area contributed by atoms with Crippen LogP contribution in [0.5, 0.6) is 0 Å². The lowest BCUT2D eigenvalue weighted by Gasteiger charge is -2.44. The highest BCUT2D eigenvalue weighted by Gasteiger charge is 2.50. The van der Waals surface area contributed by atoms with E-state index in [4.69, 9.17) is 4.74 Å². The van der Waals surface area contributed by atoms with Crippen LogP contribution in [-0.4, -0.2) is 35.6 Å². The van der Waals surface area contributed by atoms with Gasteiger partial charge in [0.1, 0.15) is 0 Å². The third-order valence-corrected chi connectivity index (χ3v) is 7.57. The van der Waals surface area contributed by atoms with Gasteiger partial charge in [-0.1, -0.05) is 38.2 Å². The molecular weight excluding hydrogens is 336 g/mol. The Morgan fingerprint density at radius 3 is 2.81 bits per heavy atom. The smallest absolute Gasteiger partial charge is 0.0811 e. The minimum Gasteiger partial charge on any atom is -0.393 e. The molecule has 0 heterocycles. The second-order valence-corrected chi connectivity index (χ2v) is 9.30. The molecule has 0 radical (unpaired) electrons. The van der Waals surface area contributed by atoms with Gasteiger partial charge in [0.2, 0.25) is 0 Å². The highest BCUT2D eigenvalue weighted by Crippen LogP contribution is 2.59. The molecule has 0 saturated heterocycles. The summed E-state index contributed by atoms with van der Waals surface area (Å²) in [5.74, 6) is 2.00. The van der Waals surface area contributed by atoms with Gasteiger partial charge >= 0.3 is 0 Å². The van der Waals surface area contributed by atoms with Crippen LogP contribution in [0.15, 0.2) is 35.5 Å². The van der Waals surface area contributed by atoms with E-state index in [1.807, 2.05) is 0 Å². The van der Waals surface area contributed by atoms with E-state index < -0.39 is 12.2 Å². The van der Waals surface area contributed by atoms with Crippen LogP contribution in [0.4, 0.5) is 0 Å². The summed E-state index contributed by atoms with van der Waals surface area (Å²) in [7, 11) is 0. The molecule has 3 aliphatic rings. The summed E-state index contributed by atoms with van der Waals surface area (Å²) in [5, 5.41) is 20.1. The number of hydrogen-bond donors (Lipinski definition) is 2. The molecule has 2 N–H and O–H groups in total. The lowest BCUT2D eigenvalue weighted by Crippen LogP contribution is -2.37. The standard InChI is InChI=1S/C24H38O3/c1-5-27-15-16(2)21-10-11-22-18(7-6-12-24(21,22)4)8-9-19-13-20(25)14-23(26)17(19)3/h8-9,16,20-23,25-26H,3,5-7,10-15H2,1-2,4H3/b18-8+,19-9-/t16-,20-,21-,22+,23+,24-/m1/s1. The number of aliphatic hydroxyl groups excluding tert-OH is 2. The molecule has 0 aromatic heterocycles. The van der Waals surface area contributed by atoms with Crippen molar-refractivity contribution in [3.63, 3.8) is 0 Å². The van der Waals surface area contributed by atoms with Gasteiger partial charge in [0.25, 0.3) is 0 Å². The van der Waals surface area contributed by atoms with Gasteiger partial charge in [-0.05, 0) is 79.8 Å². The Hall–Kier alpha value is -0.900. The van der Waals surface area contributed by atoms with Crippen LogP contribution in [-0.2, 0) is 4.74 Å². The first-order valence-corrected chi connectivity index (χ1v) is 10.9. The lowest BCUT2D eigenvalue weighted by molar-refractivity contribution is 0.0384. The lowest BCUT2D eigenvalue weighted by atomic mass is 9.61. The predicted molar refractivity (Wildman–Crippen MR) is 110 cm³/mol. The summed E-state index contributed by atoms with van der Waals surface area (Å²) in [6.45, 7) is 12.7. The van der Waals surface area contributed by atoms with Gasteiger partial charge in [-0.3, -0.25) is 0 Å². The van der Waals surface area contributed by atoms with Crippen molar-refractivity contribution in [2.24, 2.45) is 23.2 Å². The molecule has 3 aliphatic carbocycles. The molecule has 0 aliphatic heterocycles. The molecule has 0 unspecified atom stereocenters. The van der Waals surface area contributed by atoms with E-state index in [1.165, 1.54) is 32.1 Å². The van der Waals surface area contributed by atoms with Crippen LogP contribution in [0.25, 0.3) is 0 Å². The largest absolute Gasteiger partial charge is 0.393 e. The molecule has 0 spiro atoms. The molecule has 0 amide bonds. The maximum Gasteiger partial charge on any atom is 0.0811 e. The van der Waals surface area contributed by atoms with Crippen molar-refractivity contribution in [1.29, 1.82) is 0 Å². The Labute approximate surface area is 165 Å². The fourth-order valence-corrected chi connectivity index (χ4v) is 6.10. The summed E-state index contributed by atoms with van der Waals surface area (Å²) >= 11 is 0. The van der Waals surface area contributed by atoms with Crippen LogP contribution < -0.4 is 0 Å². The number of aliphatic hydroxyl groups is 2. The summed E-state index contributed by atoms with van der Waals surface area (Å²) < 4.78 is 5.74. The molecule has 152 valence electrons. The number of rotatable bonds is 5. The van der Waals surface area contributed by atoms with Crippen molar-refractivity contribution >= 4 is 0 Å². The first-order chi connectivity index (χ1) is 12.9. The maximum absolute atomic E-state index is 10.1. The quantitative estimate of drug-likeness (QED) is 0.727. The molecule has 3 heteroatoms. The minimum atomic E-state index is -0.606. The fourth-order valence-electron chi connectivity index (χ4n) is 6.10. The van der Waals surface area contributed by atoms with Gasteiger partial charge in [0.05, 0.1) is 12.2 Å². The highest BCUT2D eigenvalue weighted by molar-refractivity contribution is 5.38. The minimum absolute atomic E-state index is 0.377. The third-order valence-electron chi connectivity index (χ3n) is 7.57. The average molecular weight is 375 g/mol. The van der Waals surface area contributed by atoms with Crippen LogP contribution in [0, 0.1) is 23.2 Å². The Kier molecular flexibility index (Phi) is 6.66. The van der Waals surface area contributed by atoms with E-state index in [1.54, 1.807) is 5.57 Å². The van der Waals surface area contributed by atoms with Gasteiger partial charge in [-0.15, -0.1) is 0 Å². The van der Waals surface area contributed by atoms with Crippen LogP contribution in [0.1, 0.15) is 65.7 Å². The summed E-state index contributed by atoms with van der Waals surface area (Å²) in [4.78, 5) is 0. The van der Waals surface area contributed by atoms with Crippen molar-refractivity contribution in [1.82, 2.24) is 0 Å². The average Bonchev–Trinajstić information content (AvgIpc) is 2.99. The SMILES string of the molecule is C=C1/C(=C\C=C2/CCC[C@]3(C)[C@@H]([C@H](C)COCC)CC[C@@H]23)C[C@@H](O)C[C@@H]1O. The van der Waals surface area contributed by atoms with E-state index in [9.17, 15) is 10.2 Å². The van der Waals surface area contributed by atoms with Crippen molar-refractivity contribution in [3.05, 3.63) is 35.5 Å². The predicted octanol–water partition coefficient (Wildman–Crippen LogP) is 4.80. The maximum atomic E-state index is 10.1. The summed E-state index contributed by atoms with van der Waals surface area (Å²) in [6, 6.07) is 0. The summed E-state index contributed by atoms with van der Waals surface area (Å²) in [5.41, 5.74) is 3.73. The van der Waals surface area contributed by atoms with Crippen molar-refractivity contribution in [3.8, 4) is 0 Å². The number of ether oxygens (including phenoxy) is 1. The zero-order chi connectivity index (χ0) is 19.6. The van der Waals surface area contributed by atoms with Gasteiger partial charge in [-0.2, -0.15) is 0 Å². The number of fused-ring (bicyclic) bond motifs is 1. The highest BCUT2D eigenvalue weighted by atomic mass is 16.5. The van der Waals surface area contributed by atoms with Gasteiger partial charge < -0.3 is 14.9 Å². The van der Waals surface area contributed by atoms with Crippen molar-refractivity contribution in [2.75, 3.05) is 13.2 Å². The topological polar surface area (TPSA) is 49.7 Å². The molecule has 3 fully saturated rings. The van der Waals surface area contributed by atoms with E-state index in [0.717, 1.165) is 30.3 Å². The zero-order valence-electron chi connectivity index (χ0n) is 17.4. The Morgan fingerprint density at radius 1 is 1.30 bits per heavy atom. The van der Waals surface area contributed by atoms with E-state index >= 15 is 0 Å². The van der Waals surface area contributed by atoms with E-state index in [0.29, 0.717) is 30.1 Å². The molecule has 3 nitrogen and oxygen atoms in total. The molecule has 0 aromatic carbocycles. The third kappa shape index (κ3) is 4.26. The van der Waals surface area contributed by atoms with E-state index in [-0.39, 0.29) is 0 Å². The van der Waals surface area contributed by atoms with Gasteiger partial charge in [-0.25, -0.2) is 0 Å². The van der Waals surface area contributed by atoms with Gasteiger partial charge in [0.15, 0.2) is 0 Å². The second kappa shape index (κ2) is 8.63.